The van der Waals surface area contributed by atoms with E-state index in [2.05, 4.69) is 34.2 Å². The van der Waals surface area contributed by atoms with Gasteiger partial charge in [0.1, 0.15) is 5.69 Å². The molecule has 0 unspecified atom stereocenters. The SMILES string of the molecule is CC1(C)CCc2sc(NC(=O)c3ccnn3-c3ccncc3)nc21. The van der Waals surface area contributed by atoms with Crippen molar-refractivity contribution >= 4 is 22.4 Å². The molecule has 24 heavy (non-hydrogen) atoms. The molecule has 1 N–H and O–H groups in total. The fourth-order valence-corrected chi connectivity index (χ4v) is 4.11. The third-order valence-corrected chi connectivity index (χ3v) is 5.35. The second kappa shape index (κ2) is 5.52. The third kappa shape index (κ3) is 2.50. The fraction of sp³-hybridized carbons (Fsp3) is 0.294. The van der Waals surface area contributed by atoms with E-state index in [1.54, 1.807) is 40.7 Å². The number of fused-ring (bicyclic) bond motifs is 1. The molecule has 1 amide bonds. The van der Waals surface area contributed by atoms with Crippen LogP contribution in [0.4, 0.5) is 5.13 Å². The summed E-state index contributed by atoms with van der Waals surface area (Å²) in [5.41, 5.74) is 2.47. The Labute approximate surface area is 143 Å². The molecule has 4 rings (SSSR count). The Morgan fingerprint density at radius 1 is 1.25 bits per heavy atom. The lowest BCUT2D eigenvalue weighted by molar-refractivity contribution is 0.101. The summed E-state index contributed by atoms with van der Waals surface area (Å²) in [6.07, 6.45) is 7.10. The lowest BCUT2D eigenvalue weighted by Gasteiger charge is -2.15. The van der Waals surface area contributed by atoms with Crippen molar-refractivity contribution in [3.63, 3.8) is 0 Å². The number of pyridine rings is 1. The standard InChI is InChI=1S/C17H17N5OS/c1-17(2)7-3-13-14(17)20-16(24-13)21-15(23)12-6-10-19-22(12)11-4-8-18-9-5-11/h4-6,8-10H,3,7H2,1-2H3,(H,20,21,23). The summed E-state index contributed by atoms with van der Waals surface area (Å²) >= 11 is 1.57. The molecular formula is C17H17N5OS. The van der Waals surface area contributed by atoms with E-state index in [4.69, 9.17) is 0 Å². The summed E-state index contributed by atoms with van der Waals surface area (Å²) in [5, 5.41) is 7.80. The summed E-state index contributed by atoms with van der Waals surface area (Å²) in [6, 6.07) is 5.31. The van der Waals surface area contributed by atoms with Crippen LogP contribution in [0, 0.1) is 0 Å². The predicted molar refractivity (Wildman–Crippen MR) is 92.8 cm³/mol. The van der Waals surface area contributed by atoms with Gasteiger partial charge in [-0.25, -0.2) is 9.67 Å². The molecule has 0 saturated heterocycles. The van der Waals surface area contributed by atoms with Crippen LogP contribution in [0.2, 0.25) is 0 Å². The molecule has 7 heteroatoms. The number of hydrogen-bond acceptors (Lipinski definition) is 5. The summed E-state index contributed by atoms with van der Waals surface area (Å²) in [5.74, 6) is -0.213. The van der Waals surface area contributed by atoms with Gasteiger partial charge in [-0.15, -0.1) is 11.3 Å². The Morgan fingerprint density at radius 3 is 2.79 bits per heavy atom. The van der Waals surface area contributed by atoms with Gasteiger partial charge in [-0.2, -0.15) is 5.10 Å². The molecule has 0 atom stereocenters. The molecule has 1 aliphatic carbocycles. The van der Waals surface area contributed by atoms with E-state index >= 15 is 0 Å². The smallest absolute Gasteiger partial charge is 0.276 e. The highest BCUT2D eigenvalue weighted by atomic mass is 32.1. The Hall–Kier alpha value is -2.54. The zero-order chi connectivity index (χ0) is 16.7. The molecule has 0 fully saturated rings. The molecule has 122 valence electrons. The number of hydrogen-bond donors (Lipinski definition) is 1. The number of carbonyl (C=O) groups is 1. The molecule has 3 heterocycles. The van der Waals surface area contributed by atoms with Gasteiger partial charge in [0.15, 0.2) is 5.13 Å². The van der Waals surface area contributed by atoms with Crippen molar-refractivity contribution in [2.75, 3.05) is 5.32 Å². The number of aromatic nitrogens is 4. The quantitative estimate of drug-likeness (QED) is 0.795. The molecule has 6 nitrogen and oxygen atoms in total. The number of rotatable bonds is 3. The van der Waals surface area contributed by atoms with Crippen LogP contribution in [0.3, 0.4) is 0 Å². The Bertz CT molecular complexity index is 897. The zero-order valence-electron chi connectivity index (χ0n) is 13.5. The van der Waals surface area contributed by atoms with Gasteiger partial charge >= 0.3 is 0 Å². The first-order valence-electron chi connectivity index (χ1n) is 7.80. The summed E-state index contributed by atoms with van der Waals surface area (Å²) in [6.45, 7) is 4.39. The topological polar surface area (TPSA) is 72.7 Å². The molecule has 0 spiro atoms. The first-order chi connectivity index (χ1) is 11.5. The second-order valence-electron chi connectivity index (χ2n) is 6.46. The van der Waals surface area contributed by atoms with Crippen LogP contribution in [0.1, 0.15) is 41.3 Å². The van der Waals surface area contributed by atoms with Gasteiger partial charge in [0, 0.05) is 22.7 Å². The minimum absolute atomic E-state index is 0.0909. The van der Waals surface area contributed by atoms with E-state index in [1.807, 2.05) is 12.1 Å². The van der Waals surface area contributed by atoms with Crippen LogP contribution in [0.5, 0.6) is 0 Å². The summed E-state index contributed by atoms with van der Waals surface area (Å²) in [7, 11) is 0. The average Bonchev–Trinajstić information content (AvgIpc) is 3.26. The number of thiazole rings is 1. The van der Waals surface area contributed by atoms with Gasteiger partial charge in [-0.3, -0.25) is 15.1 Å². The van der Waals surface area contributed by atoms with Crippen molar-refractivity contribution in [1.29, 1.82) is 0 Å². The van der Waals surface area contributed by atoms with Crippen LogP contribution in [-0.2, 0) is 11.8 Å². The normalized spacial score (nSPS) is 15.2. The first-order valence-corrected chi connectivity index (χ1v) is 8.62. The van der Waals surface area contributed by atoms with E-state index in [0.29, 0.717) is 10.8 Å². The Balaban J connectivity index is 1.60. The van der Waals surface area contributed by atoms with Crippen LogP contribution in [-0.4, -0.2) is 25.7 Å². The molecule has 3 aromatic rings. The first kappa shape index (κ1) is 15.0. The molecule has 0 saturated carbocycles. The number of amides is 1. The average molecular weight is 339 g/mol. The molecule has 0 bridgehead atoms. The van der Waals surface area contributed by atoms with Crippen molar-refractivity contribution in [2.45, 2.75) is 32.1 Å². The van der Waals surface area contributed by atoms with Crippen LogP contribution < -0.4 is 5.32 Å². The van der Waals surface area contributed by atoms with Crippen LogP contribution >= 0.6 is 11.3 Å². The molecule has 0 aromatic carbocycles. The highest BCUT2D eigenvalue weighted by Gasteiger charge is 2.34. The number of carbonyl (C=O) groups excluding carboxylic acids is 1. The van der Waals surface area contributed by atoms with Gasteiger partial charge in [0.05, 0.1) is 17.6 Å². The largest absolute Gasteiger partial charge is 0.296 e. The maximum atomic E-state index is 12.6. The van der Waals surface area contributed by atoms with Crippen LogP contribution in [0.25, 0.3) is 5.69 Å². The van der Waals surface area contributed by atoms with Gasteiger partial charge in [0.2, 0.25) is 0 Å². The highest BCUT2D eigenvalue weighted by Crippen LogP contribution is 2.42. The van der Waals surface area contributed by atoms with E-state index in [9.17, 15) is 4.79 Å². The minimum atomic E-state index is -0.213. The van der Waals surface area contributed by atoms with Crippen molar-refractivity contribution in [3.8, 4) is 5.69 Å². The maximum Gasteiger partial charge on any atom is 0.276 e. The van der Waals surface area contributed by atoms with Crippen molar-refractivity contribution in [1.82, 2.24) is 19.7 Å². The number of anilines is 1. The van der Waals surface area contributed by atoms with Gasteiger partial charge in [0.25, 0.3) is 5.91 Å². The Morgan fingerprint density at radius 2 is 2.04 bits per heavy atom. The van der Waals surface area contributed by atoms with E-state index < -0.39 is 0 Å². The molecule has 0 aliphatic heterocycles. The van der Waals surface area contributed by atoms with Gasteiger partial charge < -0.3 is 0 Å². The number of aryl methyl sites for hydroxylation is 1. The molecular weight excluding hydrogens is 322 g/mol. The molecule has 1 aliphatic rings. The predicted octanol–water partition coefficient (Wildman–Crippen LogP) is 3.20. The number of nitrogens with zero attached hydrogens (tertiary/aromatic N) is 4. The lowest BCUT2D eigenvalue weighted by Crippen LogP contribution is -2.18. The van der Waals surface area contributed by atoms with E-state index in [0.717, 1.165) is 24.2 Å². The highest BCUT2D eigenvalue weighted by molar-refractivity contribution is 7.16. The summed E-state index contributed by atoms with van der Waals surface area (Å²) in [4.78, 5) is 22.5. The van der Waals surface area contributed by atoms with Gasteiger partial charge in [-0.05, 0) is 31.0 Å². The molecule has 3 aromatic heterocycles. The van der Waals surface area contributed by atoms with Gasteiger partial charge in [-0.1, -0.05) is 13.8 Å². The van der Waals surface area contributed by atoms with Crippen molar-refractivity contribution in [2.24, 2.45) is 0 Å². The minimum Gasteiger partial charge on any atom is -0.296 e. The Kier molecular flexibility index (Phi) is 3.45. The summed E-state index contributed by atoms with van der Waals surface area (Å²) < 4.78 is 1.60. The van der Waals surface area contributed by atoms with Crippen molar-refractivity contribution < 1.29 is 4.79 Å². The maximum absolute atomic E-state index is 12.6. The fourth-order valence-electron chi connectivity index (χ4n) is 2.98. The third-order valence-electron chi connectivity index (χ3n) is 4.32. The van der Waals surface area contributed by atoms with Crippen molar-refractivity contribution in [3.05, 3.63) is 53.1 Å². The zero-order valence-corrected chi connectivity index (χ0v) is 14.3. The lowest BCUT2D eigenvalue weighted by atomic mass is 9.91. The second-order valence-corrected chi connectivity index (χ2v) is 7.55. The monoisotopic (exact) mass is 339 g/mol. The van der Waals surface area contributed by atoms with E-state index in [1.165, 1.54) is 4.88 Å². The number of nitrogens with one attached hydrogen (secondary N) is 1. The molecule has 0 radical (unpaired) electrons. The van der Waals surface area contributed by atoms with E-state index in [-0.39, 0.29) is 11.3 Å². The van der Waals surface area contributed by atoms with Crippen LogP contribution in [0.15, 0.2) is 36.8 Å².